The maximum Gasteiger partial charge on any atom is 0.328 e. The van der Waals surface area contributed by atoms with Crippen molar-refractivity contribution < 1.29 is 23.9 Å². The number of carbonyl (C=O) groups is 3. The fourth-order valence-electron chi connectivity index (χ4n) is 2.43. The Morgan fingerprint density at radius 2 is 1.85 bits per heavy atom. The van der Waals surface area contributed by atoms with Crippen LogP contribution in [0.2, 0.25) is 0 Å². The molecule has 148 valence electrons. The number of amides is 2. The van der Waals surface area contributed by atoms with Gasteiger partial charge in [-0.05, 0) is 24.6 Å². The normalized spacial score (nSPS) is 13.7. The minimum atomic E-state index is -0.931. The first kappa shape index (κ1) is 22.2. The zero-order chi connectivity index (χ0) is 20.6. The zero-order valence-corrected chi connectivity index (χ0v) is 16.1. The van der Waals surface area contributed by atoms with E-state index in [0.717, 1.165) is 5.56 Å². The predicted molar refractivity (Wildman–Crippen MR) is 101 cm³/mol. The highest BCUT2D eigenvalue weighted by Gasteiger charge is 2.31. The molecule has 0 aliphatic carbocycles. The molecule has 8 heteroatoms. The van der Waals surface area contributed by atoms with Crippen molar-refractivity contribution in [3.05, 3.63) is 42.5 Å². The van der Waals surface area contributed by atoms with Crippen LogP contribution in [0.5, 0.6) is 5.75 Å². The van der Waals surface area contributed by atoms with Crippen molar-refractivity contribution in [3.8, 4) is 5.75 Å². The number of hydrogen-bond acceptors (Lipinski definition) is 6. The number of nitrogens with two attached hydrogens (primary N) is 1. The Labute approximate surface area is 159 Å². The van der Waals surface area contributed by atoms with Crippen molar-refractivity contribution in [1.82, 2.24) is 10.2 Å². The van der Waals surface area contributed by atoms with Gasteiger partial charge < -0.3 is 25.4 Å². The number of benzene rings is 1. The molecule has 0 aliphatic heterocycles. The van der Waals surface area contributed by atoms with Crippen LogP contribution in [0.4, 0.5) is 0 Å². The Morgan fingerprint density at radius 1 is 1.26 bits per heavy atom. The molecule has 0 aromatic heterocycles. The topological polar surface area (TPSA) is 111 Å². The number of nitrogens with one attached hydrogen (secondary N) is 1. The summed E-state index contributed by atoms with van der Waals surface area (Å²) in [5.74, 6) is -0.847. The van der Waals surface area contributed by atoms with Crippen molar-refractivity contribution in [2.45, 2.75) is 31.5 Å². The lowest BCUT2D eigenvalue weighted by molar-refractivity contribution is -0.146. The first-order valence-electron chi connectivity index (χ1n) is 8.41. The molecule has 2 amide bonds. The molecule has 27 heavy (non-hydrogen) atoms. The molecular formula is C19H27N3O5. The summed E-state index contributed by atoms with van der Waals surface area (Å²) in [7, 11) is 4.28. The van der Waals surface area contributed by atoms with Crippen LogP contribution in [-0.2, 0) is 25.5 Å². The van der Waals surface area contributed by atoms with E-state index in [1.807, 2.05) is 0 Å². The smallest absolute Gasteiger partial charge is 0.328 e. The van der Waals surface area contributed by atoms with Gasteiger partial charge in [-0.1, -0.05) is 18.2 Å². The number of hydrogen-bond donors (Lipinski definition) is 2. The molecule has 0 saturated heterocycles. The molecule has 0 radical (unpaired) electrons. The third-order valence-corrected chi connectivity index (χ3v) is 4.16. The maximum absolute atomic E-state index is 12.8. The van der Waals surface area contributed by atoms with E-state index in [9.17, 15) is 14.4 Å². The van der Waals surface area contributed by atoms with Gasteiger partial charge in [0.1, 0.15) is 23.9 Å². The lowest BCUT2D eigenvalue weighted by Crippen LogP contribution is -2.55. The minimum absolute atomic E-state index is 0.232. The fourth-order valence-corrected chi connectivity index (χ4v) is 2.43. The Balaban J connectivity index is 3.06. The molecule has 0 aliphatic rings. The minimum Gasteiger partial charge on any atom is -0.497 e. The first-order chi connectivity index (χ1) is 12.7. The fraction of sp³-hybridized carbons (Fsp3) is 0.421. The van der Waals surface area contributed by atoms with Crippen molar-refractivity contribution in [1.29, 1.82) is 0 Å². The molecule has 1 unspecified atom stereocenters. The van der Waals surface area contributed by atoms with Crippen LogP contribution < -0.4 is 15.8 Å². The molecule has 8 nitrogen and oxygen atoms in total. The molecule has 0 fully saturated rings. The number of carbonyl (C=O) groups excluding carboxylic acids is 3. The van der Waals surface area contributed by atoms with Crippen molar-refractivity contribution in [2.24, 2.45) is 5.73 Å². The number of likely N-dealkylation sites (N-methyl/N-ethyl adjacent to an activating group) is 1. The van der Waals surface area contributed by atoms with E-state index in [-0.39, 0.29) is 6.42 Å². The van der Waals surface area contributed by atoms with Crippen LogP contribution in [-0.4, -0.2) is 62.1 Å². The summed E-state index contributed by atoms with van der Waals surface area (Å²) in [5.41, 5.74) is 6.54. The van der Waals surface area contributed by atoms with Crippen LogP contribution >= 0.6 is 0 Å². The number of esters is 1. The van der Waals surface area contributed by atoms with E-state index < -0.39 is 35.9 Å². The van der Waals surface area contributed by atoms with Crippen molar-refractivity contribution >= 4 is 17.8 Å². The highest BCUT2D eigenvalue weighted by molar-refractivity contribution is 5.92. The standard InChI is InChI=1S/C19H27N3O5/c1-6-15(20)18(24)22(3)16(17(23)21-12(2)19(25)27-5)11-13-7-9-14(26-4)10-8-13/h6-10,12,15-16H,1,11,20H2,2-5H3,(H,21,23)/t12-,15?,16-/m0/s1. The van der Waals surface area contributed by atoms with Crippen LogP contribution in [0.3, 0.4) is 0 Å². The average Bonchev–Trinajstić information content (AvgIpc) is 2.69. The average molecular weight is 377 g/mol. The first-order valence-corrected chi connectivity index (χ1v) is 8.41. The van der Waals surface area contributed by atoms with Gasteiger partial charge in [-0.15, -0.1) is 6.58 Å². The van der Waals surface area contributed by atoms with Gasteiger partial charge in [0.05, 0.1) is 14.2 Å². The quantitative estimate of drug-likeness (QED) is 0.472. The van der Waals surface area contributed by atoms with Crippen LogP contribution in [0.15, 0.2) is 36.9 Å². The lowest BCUT2D eigenvalue weighted by atomic mass is 10.0. The molecule has 0 bridgehead atoms. The van der Waals surface area contributed by atoms with E-state index in [0.29, 0.717) is 5.75 Å². The van der Waals surface area contributed by atoms with Gasteiger partial charge in [-0.25, -0.2) is 4.79 Å². The Morgan fingerprint density at radius 3 is 2.33 bits per heavy atom. The van der Waals surface area contributed by atoms with Crippen LogP contribution in [0, 0.1) is 0 Å². The summed E-state index contributed by atoms with van der Waals surface area (Å²) in [4.78, 5) is 38.0. The van der Waals surface area contributed by atoms with E-state index >= 15 is 0 Å². The predicted octanol–water partition coefficient (Wildman–Crippen LogP) is 0.256. The van der Waals surface area contributed by atoms with Crippen molar-refractivity contribution in [3.63, 3.8) is 0 Å². The number of ether oxygens (including phenoxy) is 2. The van der Waals surface area contributed by atoms with Gasteiger partial charge in [0.25, 0.3) is 0 Å². The molecule has 1 aromatic carbocycles. The monoisotopic (exact) mass is 377 g/mol. The van der Waals surface area contributed by atoms with E-state index in [1.54, 1.807) is 31.4 Å². The summed E-state index contributed by atoms with van der Waals surface area (Å²) < 4.78 is 9.74. The Hall–Kier alpha value is -2.87. The van der Waals surface area contributed by atoms with Gasteiger partial charge in [0.2, 0.25) is 11.8 Å². The largest absolute Gasteiger partial charge is 0.497 e. The highest BCUT2D eigenvalue weighted by Crippen LogP contribution is 2.15. The molecule has 1 rings (SSSR count). The molecule has 0 spiro atoms. The molecule has 3 N–H and O–H groups in total. The second-order valence-corrected chi connectivity index (χ2v) is 6.03. The van der Waals surface area contributed by atoms with Gasteiger partial charge in [0, 0.05) is 13.5 Å². The van der Waals surface area contributed by atoms with E-state index in [4.69, 9.17) is 10.5 Å². The summed E-state index contributed by atoms with van der Waals surface area (Å²) >= 11 is 0. The molecule has 0 heterocycles. The van der Waals surface area contributed by atoms with Crippen molar-refractivity contribution in [2.75, 3.05) is 21.3 Å². The maximum atomic E-state index is 12.8. The second-order valence-electron chi connectivity index (χ2n) is 6.03. The highest BCUT2D eigenvalue weighted by atomic mass is 16.5. The number of methoxy groups -OCH3 is 2. The summed E-state index contributed by atoms with van der Waals surface area (Å²) in [6, 6.07) is 4.47. The van der Waals surface area contributed by atoms with Crippen LogP contribution in [0.1, 0.15) is 12.5 Å². The molecule has 3 atom stereocenters. The summed E-state index contributed by atoms with van der Waals surface area (Å²) in [6.45, 7) is 5.01. The van der Waals surface area contributed by atoms with Gasteiger partial charge in [-0.2, -0.15) is 0 Å². The summed E-state index contributed by atoms with van der Waals surface area (Å²) in [5, 5.41) is 2.57. The molecular weight excluding hydrogens is 350 g/mol. The third-order valence-electron chi connectivity index (χ3n) is 4.16. The summed E-state index contributed by atoms with van der Waals surface area (Å²) in [6.07, 6.45) is 1.54. The Kier molecular flexibility index (Phi) is 8.47. The van der Waals surface area contributed by atoms with Gasteiger partial charge in [-0.3, -0.25) is 9.59 Å². The second kappa shape index (κ2) is 10.3. The SMILES string of the molecule is C=CC(N)C(=O)N(C)[C@@H](Cc1ccc(OC)cc1)C(=O)N[C@@H](C)C(=O)OC. The Bertz CT molecular complexity index is 674. The van der Waals surface area contributed by atoms with E-state index in [2.05, 4.69) is 16.6 Å². The van der Waals surface area contributed by atoms with Crippen LogP contribution in [0.25, 0.3) is 0 Å². The van der Waals surface area contributed by atoms with Gasteiger partial charge >= 0.3 is 5.97 Å². The third kappa shape index (κ3) is 6.10. The number of rotatable bonds is 9. The lowest BCUT2D eigenvalue weighted by Gasteiger charge is -2.29. The number of nitrogens with zero attached hydrogens (tertiary/aromatic N) is 1. The van der Waals surface area contributed by atoms with Gasteiger partial charge in [0.15, 0.2) is 0 Å². The zero-order valence-electron chi connectivity index (χ0n) is 16.1. The molecule has 0 saturated carbocycles. The molecule has 1 aromatic rings. The van der Waals surface area contributed by atoms with E-state index in [1.165, 1.54) is 32.1 Å².